The summed E-state index contributed by atoms with van der Waals surface area (Å²) >= 11 is 1.87. The van der Waals surface area contributed by atoms with Gasteiger partial charge in [0, 0.05) is 30.3 Å². The van der Waals surface area contributed by atoms with E-state index in [-0.39, 0.29) is 0 Å². The fourth-order valence-corrected chi connectivity index (χ4v) is 2.80. The number of anilines is 2. The minimum Gasteiger partial charge on any atom is -0.370 e. The molecule has 1 heterocycles. The van der Waals surface area contributed by atoms with E-state index in [1.54, 1.807) is 0 Å². The van der Waals surface area contributed by atoms with Crippen molar-refractivity contribution in [2.45, 2.75) is 51.5 Å². The second-order valence-corrected chi connectivity index (χ2v) is 6.31. The van der Waals surface area contributed by atoms with E-state index < -0.39 is 0 Å². The molecule has 1 aromatic heterocycles. The first kappa shape index (κ1) is 15.4. The maximum absolute atomic E-state index is 4.70. The van der Waals surface area contributed by atoms with E-state index in [9.17, 15) is 0 Å². The summed E-state index contributed by atoms with van der Waals surface area (Å²) in [5, 5.41) is 6.94. The van der Waals surface area contributed by atoms with Crippen LogP contribution in [-0.2, 0) is 0 Å². The number of thioether (sulfide) groups is 1. The lowest BCUT2D eigenvalue weighted by molar-refractivity contribution is 0.765. The molecular formula is C15H26N4S. The van der Waals surface area contributed by atoms with Crippen molar-refractivity contribution in [3.05, 3.63) is 11.9 Å². The zero-order valence-corrected chi connectivity index (χ0v) is 13.6. The van der Waals surface area contributed by atoms with Gasteiger partial charge in [-0.3, -0.25) is 0 Å². The van der Waals surface area contributed by atoms with Gasteiger partial charge in [-0.2, -0.15) is 11.8 Å². The molecule has 1 aliphatic rings. The Morgan fingerprint density at radius 1 is 1.30 bits per heavy atom. The summed E-state index contributed by atoms with van der Waals surface area (Å²) in [6, 6.07) is 2.52. The van der Waals surface area contributed by atoms with Gasteiger partial charge in [-0.05, 0) is 31.9 Å². The van der Waals surface area contributed by atoms with Crippen LogP contribution in [0.2, 0.25) is 0 Å². The van der Waals surface area contributed by atoms with E-state index in [1.807, 2.05) is 17.8 Å². The Kier molecular flexibility index (Phi) is 5.95. The lowest BCUT2D eigenvalue weighted by atomic mass is 10.2. The van der Waals surface area contributed by atoms with Gasteiger partial charge in [-0.1, -0.05) is 13.8 Å². The third-order valence-electron chi connectivity index (χ3n) is 3.45. The first-order valence-corrected chi connectivity index (χ1v) is 9.04. The van der Waals surface area contributed by atoms with Gasteiger partial charge >= 0.3 is 0 Å². The van der Waals surface area contributed by atoms with E-state index in [4.69, 9.17) is 4.98 Å². The molecule has 20 heavy (non-hydrogen) atoms. The van der Waals surface area contributed by atoms with Gasteiger partial charge in [0.2, 0.25) is 0 Å². The topological polar surface area (TPSA) is 49.8 Å². The highest BCUT2D eigenvalue weighted by atomic mass is 32.2. The van der Waals surface area contributed by atoms with Crippen molar-refractivity contribution in [1.82, 2.24) is 9.97 Å². The summed E-state index contributed by atoms with van der Waals surface area (Å²) in [6.45, 7) is 5.34. The molecule has 0 saturated heterocycles. The highest BCUT2D eigenvalue weighted by Gasteiger charge is 2.27. The third-order valence-corrected chi connectivity index (χ3v) is 4.19. The Balaban J connectivity index is 2.10. The predicted octanol–water partition coefficient (Wildman–Crippen LogP) is 3.73. The minimum absolute atomic E-state index is 0.478. The average molecular weight is 294 g/mol. The molecule has 0 radical (unpaired) electrons. The summed E-state index contributed by atoms with van der Waals surface area (Å²) in [5.41, 5.74) is 0. The molecule has 0 aliphatic heterocycles. The first-order chi connectivity index (χ1) is 9.76. The Bertz CT molecular complexity index is 420. The van der Waals surface area contributed by atoms with Crippen LogP contribution in [0.25, 0.3) is 0 Å². The Morgan fingerprint density at radius 3 is 2.65 bits per heavy atom. The Hall–Kier alpha value is -0.970. The smallest absolute Gasteiger partial charge is 0.136 e. The van der Waals surface area contributed by atoms with Crippen molar-refractivity contribution in [2.24, 2.45) is 0 Å². The molecule has 1 saturated carbocycles. The highest BCUT2D eigenvalue weighted by Crippen LogP contribution is 2.38. The number of nitrogens with one attached hydrogen (secondary N) is 2. The van der Waals surface area contributed by atoms with Crippen molar-refractivity contribution in [3.8, 4) is 0 Å². The van der Waals surface area contributed by atoms with E-state index in [0.29, 0.717) is 12.0 Å². The number of nitrogens with zero attached hydrogens (tertiary/aromatic N) is 2. The highest BCUT2D eigenvalue weighted by molar-refractivity contribution is 7.98. The van der Waals surface area contributed by atoms with Crippen LogP contribution < -0.4 is 10.6 Å². The van der Waals surface area contributed by atoms with Crippen LogP contribution in [0.5, 0.6) is 0 Å². The van der Waals surface area contributed by atoms with Gasteiger partial charge in [0.15, 0.2) is 0 Å². The van der Waals surface area contributed by atoms with Gasteiger partial charge in [-0.15, -0.1) is 0 Å². The Labute approximate surface area is 126 Å². The lowest BCUT2D eigenvalue weighted by Gasteiger charge is -2.17. The molecule has 2 N–H and O–H groups in total. The molecule has 1 unspecified atom stereocenters. The van der Waals surface area contributed by atoms with E-state index >= 15 is 0 Å². The molecule has 0 spiro atoms. The van der Waals surface area contributed by atoms with Crippen LogP contribution in [0.4, 0.5) is 11.6 Å². The van der Waals surface area contributed by atoms with E-state index in [1.165, 1.54) is 12.8 Å². The Morgan fingerprint density at radius 2 is 2.05 bits per heavy atom. The van der Waals surface area contributed by atoms with Gasteiger partial charge in [0.05, 0.1) is 0 Å². The molecule has 5 heteroatoms. The van der Waals surface area contributed by atoms with Crippen LogP contribution in [0.3, 0.4) is 0 Å². The van der Waals surface area contributed by atoms with Crippen LogP contribution in [0.1, 0.15) is 51.3 Å². The lowest BCUT2D eigenvalue weighted by Crippen LogP contribution is -2.22. The number of rotatable bonds is 9. The number of hydrogen-bond acceptors (Lipinski definition) is 5. The second-order valence-electron chi connectivity index (χ2n) is 5.40. The molecule has 112 valence electrons. The van der Waals surface area contributed by atoms with E-state index in [2.05, 4.69) is 35.7 Å². The van der Waals surface area contributed by atoms with Crippen molar-refractivity contribution in [1.29, 1.82) is 0 Å². The summed E-state index contributed by atoms with van der Waals surface area (Å²) < 4.78 is 0. The molecule has 0 aromatic carbocycles. The summed E-state index contributed by atoms with van der Waals surface area (Å²) in [4.78, 5) is 9.35. The molecule has 4 nitrogen and oxygen atoms in total. The zero-order valence-electron chi connectivity index (χ0n) is 12.8. The van der Waals surface area contributed by atoms with Crippen LogP contribution in [0, 0.1) is 0 Å². The van der Waals surface area contributed by atoms with Gasteiger partial charge in [0.25, 0.3) is 0 Å². The predicted molar refractivity (Wildman–Crippen MR) is 88.9 cm³/mol. The van der Waals surface area contributed by atoms with Gasteiger partial charge in [0.1, 0.15) is 17.5 Å². The number of hydrogen-bond donors (Lipinski definition) is 2. The standard InChI is InChI=1S/C15H26N4S/c1-4-8-16-13-9-14(17-12(5-2)10-20-3)19-15(18-13)11-6-7-11/h9,11-12H,4-8,10H2,1-3H3,(H2,16,17,18,19). The van der Waals surface area contributed by atoms with Gasteiger partial charge < -0.3 is 10.6 Å². The maximum atomic E-state index is 4.70. The molecule has 1 aliphatic carbocycles. The maximum Gasteiger partial charge on any atom is 0.136 e. The van der Waals surface area contributed by atoms with Crippen molar-refractivity contribution in [2.75, 3.05) is 29.2 Å². The third kappa shape index (κ3) is 4.54. The van der Waals surface area contributed by atoms with Crippen molar-refractivity contribution < 1.29 is 0 Å². The van der Waals surface area contributed by atoms with Crippen molar-refractivity contribution >= 4 is 23.4 Å². The normalized spacial score (nSPS) is 15.9. The molecule has 2 rings (SSSR count). The second kappa shape index (κ2) is 7.72. The molecule has 0 amide bonds. The molecule has 1 aromatic rings. The quantitative estimate of drug-likeness (QED) is 0.727. The monoisotopic (exact) mass is 294 g/mol. The largest absolute Gasteiger partial charge is 0.370 e. The van der Waals surface area contributed by atoms with Crippen molar-refractivity contribution in [3.63, 3.8) is 0 Å². The first-order valence-electron chi connectivity index (χ1n) is 7.65. The van der Waals surface area contributed by atoms with Crippen LogP contribution >= 0.6 is 11.8 Å². The van der Waals surface area contributed by atoms with Gasteiger partial charge in [-0.25, -0.2) is 9.97 Å². The summed E-state index contributed by atoms with van der Waals surface area (Å²) in [6.07, 6.45) is 6.84. The summed E-state index contributed by atoms with van der Waals surface area (Å²) in [5.74, 6) is 4.63. The fraction of sp³-hybridized carbons (Fsp3) is 0.733. The molecule has 1 atom stereocenters. The zero-order chi connectivity index (χ0) is 14.4. The minimum atomic E-state index is 0.478. The average Bonchev–Trinajstić information content (AvgIpc) is 3.29. The van der Waals surface area contributed by atoms with Crippen LogP contribution in [0.15, 0.2) is 6.07 Å². The SMILES string of the molecule is CCCNc1cc(NC(CC)CSC)nc(C2CC2)n1. The molecule has 1 fully saturated rings. The summed E-state index contributed by atoms with van der Waals surface area (Å²) in [7, 11) is 0. The van der Waals surface area contributed by atoms with E-state index in [0.717, 1.165) is 42.6 Å². The van der Waals surface area contributed by atoms with Crippen LogP contribution in [-0.4, -0.2) is 34.6 Å². The fourth-order valence-electron chi connectivity index (χ4n) is 2.08. The molecular weight excluding hydrogens is 268 g/mol. The number of aromatic nitrogens is 2. The molecule has 0 bridgehead atoms.